The van der Waals surface area contributed by atoms with Crippen LogP contribution in [0.3, 0.4) is 0 Å². The number of hydrogen-bond donors (Lipinski definition) is 1. The van der Waals surface area contributed by atoms with E-state index < -0.39 is 18.5 Å². The van der Waals surface area contributed by atoms with Gasteiger partial charge in [-0.3, -0.25) is 0 Å². The molecule has 0 radical (unpaired) electrons. The summed E-state index contributed by atoms with van der Waals surface area (Å²) in [5, 5.41) is 7.83. The van der Waals surface area contributed by atoms with E-state index in [2.05, 4.69) is 20.8 Å². The zero-order valence-electron chi connectivity index (χ0n) is 5.68. The van der Waals surface area contributed by atoms with Crippen molar-refractivity contribution >= 4 is 18.5 Å². The van der Waals surface area contributed by atoms with Gasteiger partial charge in [-0.05, 0) is 0 Å². The van der Waals surface area contributed by atoms with Crippen LogP contribution in [-0.2, 0) is 14.2 Å². The average molecular weight is 176 g/mol. The Balaban J connectivity index is 3.76. The standard InChI is InChI=1S/C5H4O7/c1-2-10-4(8)12-5(9)11-3(6)7/h2H,1H2,(H,6,7). The molecule has 0 aliphatic heterocycles. The van der Waals surface area contributed by atoms with Crippen LogP contribution in [0.15, 0.2) is 12.8 Å². The SMILES string of the molecule is C=COC(=O)OC(=O)OC(=O)O. The summed E-state index contributed by atoms with van der Waals surface area (Å²) in [6, 6.07) is 0. The van der Waals surface area contributed by atoms with Crippen LogP contribution >= 0.6 is 0 Å². The topological polar surface area (TPSA) is 99.1 Å². The van der Waals surface area contributed by atoms with E-state index in [1.807, 2.05) is 0 Å². The Kier molecular flexibility index (Phi) is 3.91. The Bertz CT molecular complexity index is 218. The van der Waals surface area contributed by atoms with E-state index in [0.29, 0.717) is 6.26 Å². The fourth-order valence-corrected chi connectivity index (χ4v) is 0.252. The van der Waals surface area contributed by atoms with E-state index >= 15 is 0 Å². The summed E-state index contributed by atoms with van der Waals surface area (Å²) in [7, 11) is 0. The smallest absolute Gasteiger partial charge is 0.449 e. The number of hydrogen-bond acceptors (Lipinski definition) is 6. The van der Waals surface area contributed by atoms with Crippen molar-refractivity contribution in [3.8, 4) is 0 Å². The molecule has 7 nitrogen and oxygen atoms in total. The van der Waals surface area contributed by atoms with Crippen LogP contribution in [0, 0.1) is 0 Å². The lowest BCUT2D eigenvalue weighted by Crippen LogP contribution is -2.15. The molecule has 0 rings (SSSR count). The molecular weight excluding hydrogens is 172 g/mol. The summed E-state index contributed by atoms with van der Waals surface area (Å²) >= 11 is 0. The van der Waals surface area contributed by atoms with Crippen LogP contribution in [0.5, 0.6) is 0 Å². The summed E-state index contributed by atoms with van der Waals surface area (Å²) in [6.45, 7) is 2.98. The monoisotopic (exact) mass is 176 g/mol. The summed E-state index contributed by atoms with van der Waals surface area (Å²) in [4.78, 5) is 30.1. The first-order valence-corrected chi connectivity index (χ1v) is 2.50. The number of carbonyl (C=O) groups excluding carboxylic acids is 2. The number of ether oxygens (including phenoxy) is 3. The second-order valence-corrected chi connectivity index (χ2v) is 1.25. The van der Waals surface area contributed by atoms with Gasteiger partial charge >= 0.3 is 18.5 Å². The van der Waals surface area contributed by atoms with Crippen molar-refractivity contribution in [1.29, 1.82) is 0 Å². The summed E-state index contributed by atoms with van der Waals surface area (Å²) in [5.74, 6) is 0. The lowest BCUT2D eigenvalue weighted by atomic mass is 11.1. The first-order valence-electron chi connectivity index (χ1n) is 2.50. The number of carboxylic acid groups (broad SMARTS) is 1. The predicted molar refractivity (Wildman–Crippen MR) is 32.3 cm³/mol. The van der Waals surface area contributed by atoms with E-state index in [0.717, 1.165) is 0 Å². The van der Waals surface area contributed by atoms with Gasteiger partial charge in [0.2, 0.25) is 0 Å². The summed E-state index contributed by atoms with van der Waals surface area (Å²) in [5.41, 5.74) is 0. The highest BCUT2D eigenvalue weighted by Crippen LogP contribution is 1.90. The molecule has 7 heteroatoms. The second-order valence-electron chi connectivity index (χ2n) is 1.25. The Hall–Kier alpha value is -2.05. The van der Waals surface area contributed by atoms with Crippen LogP contribution in [0.25, 0.3) is 0 Å². The maximum atomic E-state index is 10.2. The Morgan fingerprint density at radius 1 is 1.17 bits per heavy atom. The lowest BCUT2D eigenvalue weighted by molar-refractivity contribution is 0.0524. The van der Waals surface area contributed by atoms with Crippen LogP contribution in [-0.4, -0.2) is 23.6 Å². The highest BCUT2D eigenvalue weighted by molar-refractivity contribution is 5.83. The molecule has 0 bridgehead atoms. The summed E-state index contributed by atoms with van der Waals surface area (Å²) < 4.78 is 10.9. The molecule has 0 heterocycles. The van der Waals surface area contributed by atoms with Crippen LogP contribution in [0.4, 0.5) is 14.4 Å². The molecule has 66 valence electrons. The first kappa shape index (κ1) is 9.95. The van der Waals surface area contributed by atoms with E-state index in [9.17, 15) is 14.4 Å². The van der Waals surface area contributed by atoms with E-state index in [-0.39, 0.29) is 0 Å². The van der Waals surface area contributed by atoms with Gasteiger partial charge in [-0.2, -0.15) is 0 Å². The molecule has 0 saturated heterocycles. The highest BCUT2D eigenvalue weighted by Gasteiger charge is 2.15. The van der Waals surface area contributed by atoms with Crippen molar-refractivity contribution < 1.29 is 33.7 Å². The van der Waals surface area contributed by atoms with Crippen molar-refractivity contribution in [2.75, 3.05) is 0 Å². The van der Waals surface area contributed by atoms with Crippen molar-refractivity contribution in [3.05, 3.63) is 12.8 Å². The van der Waals surface area contributed by atoms with E-state index in [1.54, 1.807) is 0 Å². The zero-order chi connectivity index (χ0) is 9.56. The Labute approximate surface area is 66.1 Å². The first-order chi connectivity index (χ1) is 5.56. The highest BCUT2D eigenvalue weighted by atomic mass is 16.8. The maximum absolute atomic E-state index is 10.2. The molecule has 0 saturated carbocycles. The van der Waals surface area contributed by atoms with E-state index in [1.165, 1.54) is 0 Å². The molecule has 0 amide bonds. The molecule has 0 aromatic carbocycles. The summed E-state index contributed by atoms with van der Waals surface area (Å²) in [6.07, 6.45) is -4.28. The van der Waals surface area contributed by atoms with Crippen LogP contribution in [0.1, 0.15) is 0 Å². The van der Waals surface area contributed by atoms with Gasteiger partial charge in [0.25, 0.3) is 0 Å². The van der Waals surface area contributed by atoms with Crippen molar-refractivity contribution in [3.63, 3.8) is 0 Å². The van der Waals surface area contributed by atoms with Gasteiger partial charge in [0, 0.05) is 0 Å². The van der Waals surface area contributed by atoms with Gasteiger partial charge in [0.05, 0.1) is 6.26 Å². The minimum absolute atomic E-state index is 0.705. The number of carbonyl (C=O) groups is 3. The predicted octanol–water partition coefficient (Wildman–Crippen LogP) is 1.10. The van der Waals surface area contributed by atoms with Gasteiger partial charge in [0.15, 0.2) is 0 Å². The van der Waals surface area contributed by atoms with Crippen molar-refractivity contribution in [2.45, 2.75) is 0 Å². The third kappa shape index (κ3) is 4.79. The van der Waals surface area contributed by atoms with Crippen LogP contribution < -0.4 is 0 Å². The van der Waals surface area contributed by atoms with Crippen molar-refractivity contribution in [1.82, 2.24) is 0 Å². The Morgan fingerprint density at radius 2 is 1.75 bits per heavy atom. The van der Waals surface area contributed by atoms with Gasteiger partial charge < -0.3 is 19.3 Å². The van der Waals surface area contributed by atoms with E-state index in [4.69, 9.17) is 5.11 Å². The molecule has 12 heavy (non-hydrogen) atoms. The second kappa shape index (κ2) is 4.72. The van der Waals surface area contributed by atoms with Crippen LogP contribution in [0.2, 0.25) is 0 Å². The van der Waals surface area contributed by atoms with Crippen molar-refractivity contribution in [2.24, 2.45) is 0 Å². The fourth-order valence-electron chi connectivity index (χ4n) is 0.252. The zero-order valence-corrected chi connectivity index (χ0v) is 5.68. The minimum Gasteiger partial charge on any atom is -0.449 e. The molecule has 1 N–H and O–H groups in total. The Morgan fingerprint density at radius 3 is 2.17 bits per heavy atom. The van der Waals surface area contributed by atoms with Gasteiger partial charge in [-0.1, -0.05) is 6.58 Å². The average Bonchev–Trinajstić information content (AvgIpc) is 1.84. The normalized spacial score (nSPS) is 8.00. The lowest BCUT2D eigenvalue weighted by Gasteiger charge is -1.97. The number of rotatable bonds is 1. The third-order valence-electron chi connectivity index (χ3n) is 0.517. The molecule has 0 aromatic heterocycles. The molecular formula is C5H4O7. The third-order valence-corrected chi connectivity index (χ3v) is 0.517. The largest absolute Gasteiger partial charge is 0.528 e. The minimum atomic E-state index is -1.88. The van der Waals surface area contributed by atoms with Gasteiger partial charge in [0.1, 0.15) is 0 Å². The fraction of sp³-hybridized carbons (Fsp3) is 0. The maximum Gasteiger partial charge on any atom is 0.528 e. The molecule has 0 fully saturated rings. The molecule has 0 atom stereocenters. The quantitative estimate of drug-likeness (QED) is 0.362. The molecule has 0 aliphatic carbocycles. The van der Waals surface area contributed by atoms with Gasteiger partial charge in [-0.15, -0.1) is 0 Å². The molecule has 0 spiro atoms. The molecule has 0 aliphatic rings. The molecule has 0 aromatic rings. The molecule has 0 unspecified atom stereocenters. The van der Waals surface area contributed by atoms with Gasteiger partial charge in [-0.25, -0.2) is 14.4 Å².